The van der Waals surface area contributed by atoms with E-state index in [-0.39, 0.29) is 12.2 Å². The zero-order valence-corrected chi connectivity index (χ0v) is 10.5. The van der Waals surface area contributed by atoms with E-state index in [0.29, 0.717) is 6.54 Å². The molecule has 0 amide bonds. The summed E-state index contributed by atoms with van der Waals surface area (Å²) in [5.74, 6) is 0.977. The van der Waals surface area contributed by atoms with Gasteiger partial charge in [0.05, 0.1) is 12.2 Å². The molecule has 2 N–H and O–H groups in total. The first kappa shape index (κ1) is 12.3. The summed E-state index contributed by atoms with van der Waals surface area (Å²) in [7, 11) is 0. The van der Waals surface area contributed by atoms with Crippen LogP contribution in [0.3, 0.4) is 0 Å². The van der Waals surface area contributed by atoms with E-state index in [0.717, 1.165) is 31.0 Å². The molecule has 0 spiro atoms. The topological polar surface area (TPSA) is 64.3 Å². The van der Waals surface area contributed by atoms with Crippen LogP contribution in [-0.2, 0) is 11.2 Å². The number of aryl methyl sites for hydroxylation is 1. The Hall–Kier alpha value is -1.20. The lowest BCUT2D eigenvalue weighted by Gasteiger charge is -2.37. The van der Waals surface area contributed by atoms with Gasteiger partial charge < -0.3 is 15.4 Å². The first-order valence-electron chi connectivity index (χ1n) is 6.14. The van der Waals surface area contributed by atoms with Crippen LogP contribution in [0.5, 0.6) is 0 Å². The number of hydrogen-bond acceptors (Lipinski definition) is 5. The van der Waals surface area contributed by atoms with E-state index in [9.17, 15) is 0 Å². The maximum absolute atomic E-state index is 5.73. The minimum Gasteiger partial charge on any atom is -0.370 e. The van der Waals surface area contributed by atoms with Crippen LogP contribution in [0.4, 0.5) is 5.82 Å². The molecule has 0 radical (unpaired) electrons. The van der Waals surface area contributed by atoms with Gasteiger partial charge in [0.25, 0.3) is 0 Å². The van der Waals surface area contributed by atoms with E-state index in [1.165, 1.54) is 0 Å². The standard InChI is InChI=1S/C12H20N4O/c1-3-10-4-12(15-8-14-10)16-6-9(2)17-11(5-13)7-16/h4,8-9,11H,3,5-7,13H2,1-2H3. The van der Waals surface area contributed by atoms with Gasteiger partial charge in [-0.2, -0.15) is 0 Å². The Morgan fingerprint density at radius 1 is 1.47 bits per heavy atom. The molecule has 1 aromatic heterocycles. The fourth-order valence-electron chi connectivity index (χ4n) is 2.11. The van der Waals surface area contributed by atoms with Gasteiger partial charge in [0.1, 0.15) is 12.1 Å². The van der Waals surface area contributed by atoms with Crippen molar-refractivity contribution in [2.75, 3.05) is 24.5 Å². The average Bonchev–Trinajstić information content (AvgIpc) is 2.38. The number of ether oxygens (including phenoxy) is 1. The summed E-state index contributed by atoms with van der Waals surface area (Å²) in [6.45, 7) is 6.37. The Balaban J connectivity index is 2.14. The average molecular weight is 236 g/mol. The van der Waals surface area contributed by atoms with Gasteiger partial charge in [-0.05, 0) is 13.3 Å². The molecule has 1 aromatic rings. The minimum absolute atomic E-state index is 0.0961. The zero-order valence-electron chi connectivity index (χ0n) is 10.5. The van der Waals surface area contributed by atoms with Crippen molar-refractivity contribution >= 4 is 5.82 Å². The first-order chi connectivity index (χ1) is 8.22. The van der Waals surface area contributed by atoms with Crippen LogP contribution in [0.25, 0.3) is 0 Å². The smallest absolute Gasteiger partial charge is 0.132 e. The van der Waals surface area contributed by atoms with Crippen molar-refractivity contribution in [2.24, 2.45) is 5.73 Å². The molecule has 1 fully saturated rings. The van der Waals surface area contributed by atoms with Gasteiger partial charge in [0.15, 0.2) is 0 Å². The molecule has 1 aliphatic rings. The Kier molecular flexibility index (Phi) is 3.91. The number of anilines is 1. The van der Waals surface area contributed by atoms with E-state index in [4.69, 9.17) is 10.5 Å². The molecule has 5 heteroatoms. The monoisotopic (exact) mass is 236 g/mol. The third-order valence-corrected chi connectivity index (χ3v) is 2.98. The second-order valence-corrected chi connectivity index (χ2v) is 4.43. The van der Waals surface area contributed by atoms with Gasteiger partial charge in [0.2, 0.25) is 0 Å². The largest absolute Gasteiger partial charge is 0.370 e. The van der Waals surface area contributed by atoms with Crippen LogP contribution >= 0.6 is 0 Å². The van der Waals surface area contributed by atoms with Gasteiger partial charge in [-0.15, -0.1) is 0 Å². The molecule has 94 valence electrons. The molecule has 2 heterocycles. The number of rotatable bonds is 3. The Morgan fingerprint density at radius 2 is 2.29 bits per heavy atom. The van der Waals surface area contributed by atoms with Crippen molar-refractivity contribution in [3.63, 3.8) is 0 Å². The highest BCUT2D eigenvalue weighted by Gasteiger charge is 2.25. The van der Waals surface area contributed by atoms with Crippen molar-refractivity contribution in [1.82, 2.24) is 9.97 Å². The van der Waals surface area contributed by atoms with Crippen molar-refractivity contribution in [1.29, 1.82) is 0 Å². The van der Waals surface area contributed by atoms with Crippen LogP contribution in [-0.4, -0.2) is 41.8 Å². The molecule has 1 aliphatic heterocycles. The SMILES string of the molecule is CCc1cc(N2CC(C)OC(CN)C2)ncn1. The lowest BCUT2D eigenvalue weighted by molar-refractivity contribution is -0.0107. The molecule has 1 saturated heterocycles. The molecule has 0 aromatic carbocycles. The van der Waals surface area contributed by atoms with Crippen molar-refractivity contribution in [3.05, 3.63) is 18.1 Å². The van der Waals surface area contributed by atoms with E-state index in [1.54, 1.807) is 6.33 Å². The highest BCUT2D eigenvalue weighted by atomic mass is 16.5. The van der Waals surface area contributed by atoms with Crippen molar-refractivity contribution in [2.45, 2.75) is 32.5 Å². The molecule has 0 saturated carbocycles. The van der Waals surface area contributed by atoms with Crippen LogP contribution in [0.2, 0.25) is 0 Å². The molecule has 0 bridgehead atoms. The number of nitrogens with zero attached hydrogens (tertiary/aromatic N) is 3. The molecule has 0 aliphatic carbocycles. The third-order valence-electron chi connectivity index (χ3n) is 2.98. The van der Waals surface area contributed by atoms with Gasteiger partial charge in [-0.3, -0.25) is 0 Å². The predicted molar refractivity (Wildman–Crippen MR) is 67.0 cm³/mol. The van der Waals surface area contributed by atoms with Gasteiger partial charge in [0, 0.05) is 31.4 Å². The summed E-state index contributed by atoms with van der Waals surface area (Å²) in [5, 5.41) is 0. The lowest BCUT2D eigenvalue weighted by Crippen LogP contribution is -2.49. The summed E-state index contributed by atoms with van der Waals surface area (Å²) in [4.78, 5) is 10.8. The van der Waals surface area contributed by atoms with Crippen molar-refractivity contribution in [3.8, 4) is 0 Å². The van der Waals surface area contributed by atoms with E-state index < -0.39 is 0 Å². The number of hydrogen-bond donors (Lipinski definition) is 1. The second-order valence-electron chi connectivity index (χ2n) is 4.43. The third kappa shape index (κ3) is 2.92. The maximum Gasteiger partial charge on any atom is 0.132 e. The molecule has 17 heavy (non-hydrogen) atoms. The van der Waals surface area contributed by atoms with E-state index in [2.05, 4.69) is 28.7 Å². The molecule has 2 unspecified atom stereocenters. The van der Waals surface area contributed by atoms with E-state index >= 15 is 0 Å². The second kappa shape index (κ2) is 5.42. The number of morpholine rings is 1. The molecular formula is C12H20N4O. The summed E-state index contributed by atoms with van der Waals surface area (Å²) >= 11 is 0. The Bertz CT molecular complexity index is 371. The lowest BCUT2D eigenvalue weighted by atomic mass is 10.2. The van der Waals surface area contributed by atoms with Crippen molar-refractivity contribution < 1.29 is 4.74 Å². The summed E-state index contributed by atoms with van der Waals surface area (Å²) in [6.07, 6.45) is 2.85. The Labute approximate surface area is 102 Å². The minimum atomic E-state index is 0.0961. The zero-order chi connectivity index (χ0) is 12.3. The fraction of sp³-hybridized carbons (Fsp3) is 0.667. The maximum atomic E-state index is 5.73. The molecular weight excluding hydrogens is 216 g/mol. The van der Waals surface area contributed by atoms with E-state index in [1.807, 2.05) is 6.07 Å². The normalized spacial score (nSPS) is 25.0. The van der Waals surface area contributed by atoms with Crippen LogP contribution in [0.1, 0.15) is 19.5 Å². The molecule has 5 nitrogen and oxygen atoms in total. The van der Waals surface area contributed by atoms with Gasteiger partial charge in [-0.1, -0.05) is 6.92 Å². The highest BCUT2D eigenvalue weighted by Crippen LogP contribution is 2.18. The highest BCUT2D eigenvalue weighted by molar-refractivity contribution is 5.39. The quantitative estimate of drug-likeness (QED) is 0.832. The first-order valence-corrected chi connectivity index (χ1v) is 6.14. The van der Waals surface area contributed by atoms with Crippen LogP contribution in [0.15, 0.2) is 12.4 Å². The predicted octanol–water partition coefficient (Wildman–Crippen LogP) is 0.591. The number of nitrogens with two attached hydrogens (primary N) is 1. The van der Waals surface area contributed by atoms with Gasteiger partial charge >= 0.3 is 0 Å². The van der Waals surface area contributed by atoms with Gasteiger partial charge in [-0.25, -0.2) is 9.97 Å². The summed E-state index contributed by atoms with van der Waals surface area (Å²) in [6, 6.07) is 2.05. The fourth-order valence-corrected chi connectivity index (χ4v) is 2.11. The van der Waals surface area contributed by atoms with Crippen LogP contribution < -0.4 is 10.6 Å². The number of aromatic nitrogens is 2. The summed E-state index contributed by atoms with van der Waals surface area (Å²) < 4.78 is 5.73. The molecule has 2 rings (SSSR count). The molecule has 2 atom stereocenters. The Morgan fingerprint density at radius 3 is 3.00 bits per heavy atom. The van der Waals surface area contributed by atoms with Crippen LogP contribution in [0, 0.1) is 0 Å². The summed E-state index contributed by atoms with van der Waals surface area (Å²) in [5.41, 5.74) is 6.75.